The second-order valence-corrected chi connectivity index (χ2v) is 7.43. The van der Waals surface area contributed by atoms with Crippen LogP contribution in [0.1, 0.15) is 13.8 Å². The summed E-state index contributed by atoms with van der Waals surface area (Å²) in [6, 6.07) is 14.3. The smallest absolute Gasteiger partial charge is 0.326 e. The van der Waals surface area contributed by atoms with E-state index >= 15 is 0 Å². The van der Waals surface area contributed by atoms with Crippen LogP contribution in [0, 0.1) is 0 Å². The second-order valence-electron chi connectivity index (χ2n) is 6.57. The van der Waals surface area contributed by atoms with Gasteiger partial charge in [0.1, 0.15) is 16.8 Å². The molecule has 142 valence electrons. The molecule has 28 heavy (non-hydrogen) atoms. The summed E-state index contributed by atoms with van der Waals surface area (Å²) < 4.78 is 5.67. The number of fused-ring (bicyclic) bond motifs is 1. The minimum atomic E-state index is -1.07. The van der Waals surface area contributed by atoms with Crippen molar-refractivity contribution in [2.75, 3.05) is 4.90 Å². The number of hydrogen-bond acceptors (Lipinski definition) is 5. The van der Waals surface area contributed by atoms with Gasteiger partial charge in [-0.1, -0.05) is 30.3 Å². The number of amides is 1. The van der Waals surface area contributed by atoms with Crippen molar-refractivity contribution in [1.82, 2.24) is 4.98 Å². The Balaban J connectivity index is 1.75. The molecule has 0 fully saturated rings. The molecule has 1 aliphatic heterocycles. The molecule has 6 nitrogen and oxygen atoms in total. The Labute approximate surface area is 166 Å². The van der Waals surface area contributed by atoms with E-state index in [9.17, 15) is 14.7 Å². The van der Waals surface area contributed by atoms with Gasteiger partial charge in [0.05, 0.1) is 11.4 Å². The number of ether oxygens (including phenoxy) is 1. The Morgan fingerprint density at radius 3 is 2.68 bits per heavy atom. The highest BCUT2D eigenvalue weighted by molar-refractivity contribution is 7.13. The molecule has 0 saturated heterocycles. The SMILES string of the molecule is CC1Oc2ccc(-c3csc(-c4ccccc4)n3)cc2N(C(C)C(=O)O)C1=O. The number of carboxylic acids is 1. The first-order chi connectivity index (χ1) is 13.5. The average molecular weight is 394 g/mol. The predicted molar refractivity (Wildman–Crippen MR) is 108 cm³/mol. The number of carboxylic acid groups (broad SMARTS) is 1. The van der Waals surface area contributed by atoms with Crippen LogP contribution in [-0.4, -0.2) is 34.1 Å². The van der Waals surface area contributed by atoms with Crippen molar-refractivity contribution >= 4 is 28.9 Å². The summed E-state index contributed by atoms with van der Waals surface area (Å²) in [5.41, 5.74) is 3.04. The van der Waals surface area contributed by atoms with Gasteiger partial charge in [-0.3, -0.25) is 9.69 Å². The molecule has 1 N–H and O–H groups in total. The summed E-state index contributed by atoms with van der Waals surface area (Å²) in [7, 11) is 0. The molecule has 0 bridgehead atoms. The number of benzene rings is 2. The highest BCUT2D eigenvalue weighted by atomic mass is 32.1. The standard InChI is InChI=1S/C21H18N2O4S/c1-12(21(25)26)23-17-10-15(8-9-18(17)27-13(2)20(23)24)16-11-28-19(22-16)14-6-4-3-5-7-14/h3-13H,1-2H3,(H,25,26). The van der Waals surface area contributed by atoms with Gasteiger partial charge in [0.25, 0.3) is 5.91 Å². The third kappa shape index (κ3) is 3.14. The number of hydrogen-bond donors (Lipinski definition) is 1. The normalized spacial score (nSPS) is 17.0. The van der Waals surface area contributed by atoms with E-state index in [4.69, 9.17) is 9.72 Å². The molecule has 2 unspecified atom stereocenters. The first-order valence-electron chi connectivity index (χ1n) is 8.83. The van der Waals surface area contributed by atoms with Gasteiger partial charge < -0.3 is 9.84 Å². The lowest BCUT2D eigenvalue weighted by atomic mass is 10.1. The van der Waals surface area contributed by atoms with Crippen LogP contribution in [0.25, 0.3) is 21.8 Å². The van der Waals surface area contributed by atoms with Crippen LogP contribution < -0.4 is 9.64 Å². The van der Waals surface area contributed by atoms with Crippen LogP contribution in [0.15, 0.2) is 53.9 Å². The number of aromatic nitrogens is 1. The van der Waals surface area contributed by atoms with Gasteiger partial charge in [0.2, 0.25) is 0 Å². The molecule has 4 rings (SSSR count). The number of carbonyl (C=O) groups is 2. The summed E-state index contributed by atoms with van der Waals surface area (Å²) in [6.07, 6.45) is -0.732. The number of thiazole rings is 1. The Hall–Kier alpha value is -3.19. The van der Waals surface area contributed by atoms with Gasteiger partial charge >= 0.3 is 5.97 Å². The molecule has 2 aromatic carbocycles. The Morgan fingerprint density at radius 1 is 1.21 bits per heavy atom. The lowest BCUT2D eigenvalue weighted by Gasteiger charge is -2.35. The van der Waals surface area contributed by atoms with E-state index in [0.29, 0.717) is 11.4 Å². The van der Waals surface area contributed by atoms with Gasteiger partial charge in [-0.15, -0.1) is 11.3 Å². The minimum absolute atomic E-state index is 0.372. The maximum atomic E-state index is 12.6. The fourth-order valence-electron chi connectivity index (χ4n) is 3.15. The Bertz CT molecular complexity index is 1050. The highest BCUT2D eigenvalue weighted by Gasteiger charge is 2.37. The first-order valence-corrected chi connectivity index (χ1v) is 9.71. The van der Waals surface area contributed by atoms with E-state index in [1.807, 2.05) is 41.8 Å². The third-order valence-electron chi connectivity index (χ3n) is 4.67. The average Bonchev–Trinajstić information content (AvgIpc) is 3.19. The van der Waals surface area contributed by atoms with E-state index in [-0.39, 0.29) is 5.91 Å². The van der Waals surface area contributed by atoms with E-state index in [2.05, 4.69) is 0 Å². The van der Waals surface area contributed by atoms with Gasteiger partial charge in [0.15, 0.2) is 6.10 Å². The van der Waals surface area contributed by atoms with E-state index in [1.165, 1.54) is 23.2 Å². The molecule has 2 heterocycles. The van der Waals surface area contributed by atoms with Crippen molar-refractivity contribution in [1.29, 1.82) is 0 Å². The van der Waals surface area contributed by atoms with Crippen molar-refractivity contribution in [3.63, 3.8) is 0 Å². The van der Waals surface area contributed by atoms with Crippen molar-refractivity contribution in [3.05, 3.63) is 53.9 Å². The van der Waals surface area contributed by atoms with Gasteiger partial charge in [0, 0.05) is 16.5 Å². The van der Waals surface area contributed by atoms with Crippen molar-refractivity contribution in [2.24, 2.45) is 0 Å². The fraction of sp³-hybridized carbons (Fsp3) is 0.190. The number of anilines is 1. The molecular formula is C21H18N2O4S. The van der Waals surface area contributed by atoms with Crippen molar-refractivity contribution in [2.45, 2.75) is 26.0 Å². The quantitative estimate of drug-likeness (QED) is 0.722. The van der Waals surface area contributed by atoms with Crippen LogP contribution in [0.5, 0.6) is 5.75 Å². The lowest BCUT2D eigenvalue weighted by Crippen LogP contribution is -2.51. The Kier molecular flexibility index (Phi) is 4.60. The van der Waals surface area contributed by atoms with Gasteiger partial charge in [-0.25, -0.2) is 9.78 Å². The lowest BCUT2D eigenvalue weighted by molar-refractivity contribution is -0.140. The highest BCUT2D eigenvalue weighted by Crippen LogP contribution is 2.39. The van der Waals surface area contributed by atoms with Crippen LogP contribution in [0.4, 0.5) is 5.69 Å². The zero-order chi connectivity index (χ0) is 19.8. The number of rotatable bonds is 4. The summed E-state index contributed by atoms with van der Waals surface area (Å²) >= 11 is 1.53. The molecule has 1 amide bonds. The van der Waals surface area contributed by atoms with E-state index < -0.39 is 18.1 Å². The first kappa shape index (κ1) is 18.2. The topological polar surface area (TPSA) is 79.7 Å². The van der Waals surface area contributed by atoms with E-state index in [1.54, 1.807) is 19.1 Å². The zero-order valence-corrected chi connectivity index (χ0v) is 16.1. The summed E-state index contributed by atoms with van der Waals surface area (Å²) in [6.45, 7) is 3.11. The van der Waals surface area contributed by atoms with Crippen LogP contribution >= 0.6 is 11.3 Å². The van der Waals surface area contributed by atoms with Crippen LogP contribution in [0.3, 0.4) is 0 Å². The number of carbonyl (C=O) groups excluding carboxylic acids is 1. The summed E-state index contributed by atoms with van der Waals surface area (Å²) in [5, 5.41) is 12.3. The van der Waals surface area contributed by atoms with Crippen molar-refractivity contribution < 1.29 is 19.4 Å². The molecule has 0 saturated carbocycles. The number of aliphatic carboxylic acids is 1. The molecule has 3 aromatic rings. The third-order valence-corrected chi connectivity index (χ3v) is 5.56. The molecule has 1 aliphatic rings. The minimum Gasteiger partial charge on any atom is -0.480 e. The van der Waals surface area contributed by atoms with E-state index in [0.717, 1.165) is 21.8 Å². The summed E-state index contributed by atoms with van der Waals surface area (Å²) in [5.74, 6) is -0.955. The zero-order valence-electron chi connectivity index (χ0n) is 15.3. The van der Waals surface area contributed by atoms with Crippen LogP contribution in [0.2, 0.25) is 0 Å². The summed E-state index contributed by atoms with van der Waals surface area (Å²) in [4.78, 5) is 30.1. The Morgan fingerprint density at radius 2 is 1.96 bits per heavy atom. The maximum absolute atomic E-state index is 12.6. The monoisotopic (exact) mass is 394 g/mol. The maximum Gasteiger partial charge on any atom is 0.326 e. The molecule has 1 aromatic heterocycles. The van der Waals surface area contributed by atoms with Gasteiger partial charge in [-0.05, 0) is 32.0 Å². The van der Waals surface area contributed by atoms with Crippen molar-refractivity contribution in [3.8, 4) is 27.6 Å². The molecule has 7 heteroatoms. The molecule has 0 aliphatic carbocycles. The second kappa shape index (κ2) is 7.09. The molecule has 0 radical (unpaired) electrons. The molecule has 2 atom stereocenters. The molecule has 0 spiro atoms. The molecular weight excluding hydrogens is 376 g/mol. The largest absolute Gasteiger partial charge is 0.480 e. The number of nitrogens with zero attached hydrogens (tertiary/aromatic N) is 2. The fourth-order valence-corrected chi connectivity index (χ4v) is 3.98. The predicted octanol–water partition coefficient (Wildman–Crippen LogP) is 4.06. The van der Waals surface area contributed by atoms with Gasteiger partial charge in [-0.2, -0.15) is 0 Å². The van der Waals surface area contributed by atoms with Crippen LogP contribution in [-0.2, 0) is 9.59 Å².